The first kappa shape index (κ1) is 19.5. The second-order valence-corrected chi connectivity index (χ2v) is 14.0. The first-order chi connectivity index (χ1) is 10.2. The molecule has 5 heteroatoms. The molecule has 1 saturated carbocycles. The number of hydrogen-bond acceptors (Lipinski definition) is 4. The molecular weight excluding hydrogens is 294 g/mol. The van der Waals surface area contributed by atoms with Gasteiger partial charge in [0.15, 0.2) is 0 Å². The van der Waals surface area contributed by atoms with Crippen molar-refractivity contribution in [1.82, 2.24) is 0 Å². The molecule has 0 amide bonds. The highest BCUT2D eigenvalue weighted by Gasteiger charge is 2.28. The van der Waals surface area contributed by atoms with Gasteiger partial charge in [-0.25, -0.2) is 4.79 Å². The number of ether oxygens (including phenoxy) is 2. The van der Waals surface area contributed by atoms with E-state index in [2.05, 4.69) is 26.6 Å². The number of rotatable bonds is 8. The molecule has 22 heavy (non-hydrogen) atoms. The lowest BCUT2D eigenvalue weighted by Crippen LogP contribution is -2.32. The summed E-state index contributed by atoms with van der Waals surface area (Å²) in [5.74, 6) is 0. The molecule has 0 bridgehead atoms. The highest BCUT2D eigenvalue weighted by molar-refractivity contribution is 6.76. The van der Waals surface area contributed by atoms with E-state index in [4.69, 9.17) is 15.2 Å². The smallest absolute Gasteiger partial charge is 0.435 e. The molecule has 0 radical (unpaired) electrons. The fourth-order valence-electron chi connectivity index (χ4n) is 3.12. The predicted molar refractivity (Wildman–Crippen MR) is 93.9 cm³/mol. The van der Waals surface area contributed by atoms with Crippen molar-refractivity contribution in [2.45, 2.75) is 83.6 Å². The third-order valence-corrected chi connectivity index (χ3v) is 6.30. The third-order valence-electron chi connectivity index (χ3n) is 4.60. The van der Waals surface area contributed by atoms with Crippen molar-refractivity contribution in [1.29, 1.82) is 0 Å². The Kier molecular flexibility index (Phi) is 7.90. The van der Waals surface area contributed by atoms with Crippen molar-refractivity contribution in [3.63, 3.8) is 0 Å². The van der Waals surface area contributed by atoms with Crippen molar-refractivity contribution in [2.24, 2.45) is 11.1 Å². The predicted octanol–water partition coefficient (Wildman–Crippen LogP) is 4.56. The standard InChI is InChI=1S/C17H35NO3Si/c1-17(9-6-5-7-10-17)14-15(18)8-11-20-16(19)21-12-13-22(2,3)4/h15H,5-14,18H2,1-4H3. The Morgan fingerprint density at radius 2 is 1.73 bits per heavy atom. The van der Waals surface area contributed by atoms with Gasteiger partial charge in [0.1, 0.15) is 0 Å². The largest absolute Gasteiger partial charge is 0.508 e. The second kappa shape index (κ2) is 8.92. The Morgan fingerprint density at radius 3 is 2.32 bits per heavy atom. The van der Waals surface area contributed by atoms with Gasteiger partial charge in [-0.05, 0) is 37.1 Å². The van der Waals surface area contributed by atoms with E-state index in [1.165, 1.54) is 32.1 Å². The zero-order chi connectivity index (χ0) is 16.6. The molecule has 1 fully saturated rings. The first-order valence-electron chi connectivity index (χ1n) is 8.75. The van der Waals surface area contributed by atoms with Crippen molar-refractivity contribution in [2.75, 3.05) is 13.2 Å². The maximum absolute atomic E-state index is 11.5. The highest BCUT2D eigenvalue weighted by atomic mass is 28.3. The van der Waals surface area contributed by atoms with Crippen molar-refractivity contribution in [3.05, 3.63) is 0 Å². The average Bonchev–Trinajstić information content (AvgIpc) is 2.37. The molecule has 0 aromatic carbocycles. The van der Waals surface area contributed by atoms with Gasteiger partial charge in [-0.3, -0.25) is 0 Å². The summed E-state index contributed by atoms with van der Waals surface area (Å²) in [5, 5.41) is 0. The Hall–Kier alpha value is -0.553. The zero-order valence-electron chi connectivity index (χ0n) is 15.0. The molecule has 130 valence electrons. The lowest BCUT2D eigenvalue weighted by molar-refractivity contribution is 0.0553. The zero-order valence-corrected chi connectivity index (χ0v) is 16.0. The quantitative estimate of drug-likeness (QED) is 0.524. The van der Waals surface area contributed by atoms with Crippen LogP contribution < -0.4 is 5.73 Å². The van der Waals surface area contributed by atoms with E-state index in [1.807, 2.05) is 0 Å². The van der Waals surface area contributed by atoms with Gasteiger partial charge in [0, 0.05) is 14.1 Å². The molecule has 4 nitrogen and oxygen atoms in total. The van der Waals surface area contributed by atoms with E-state index in [-0.39, 0.29) is 6.04 Å². The number of carbonyl (C=O) groups is 1. The Morgan fingerprint density at radius 1 is 1.14 bits per heavy atom. The van der Waals surface area contributed by atoms with Crippen molar-refractivity contribution in [3.8, 4) is 0 Å². The molecular formula is C17H35NO3Si. The Labute approximate surface area is 137 Å². The first-order valence-corrected chi connectivity index (χ1v) is 12.5. The minimum atomic E-state index is -1.16. The van der Waals surface area contributed by atoms with Crippen LogP contribution >= 0.6 is 0 Å². The second-order valence-electron chi connectivity index (χ2n) is 8.38. The number of nitrogens with two attached hydrogens (primary N) is 1. The average molecular weight is 330 g/mol. The Bertz CT molecular complexity index is 335. The minimum absolute atomic E-state index is 0.109. The van der Waals surface area contributed by atoms with Crippen LogP contribution in [0, 0.1) is 5.41 Å². The van der Waals surface area contributed by atoms with Crippen LogP contribution in [-0.2, 0) is 9.47 Å². The molecule has 0 aromatic rings. The summed E-state index contributed by atoms with van der Waals surface area (Å²) in [4.78, 5) is 11.5. The molecule has 2 N–H and O–H groups in total. The number of hydrogen-bond donors (Lipinski definition) is 1. The molecule has 1 atom stereocenters. The molecule has 0 spiro atoms. The van der Waals surface area contributed by atoms with Crippen molar-refractivity contribution < 1.29 is 14.3 Å². The van der Waals surface area contributed by atoms with E-state index in [1.54, 1.807) is 0 Å². The van der Waals surface area contributed by atoms with Crippen LogP contribution in [0.5, 0.6) is 0 Å². The fourth-order valence-corrected chi connectivity index (χ4v) is 3.83. The van der Waals surface area contributed by atoms with Gasteiger partial charge < -0.3 is 15.2 Å². The van der Waals surface area contributed by atoms with E-state index >= 15 is 0 Å². The van der Waals surface area contributed by atoms with Gasteiger partial charge in [0.05, 0.1) is 13.2 Å². The van der Waals surface area contributed by atoms with Gasteiger partial charge in [0.2, 0.25) is 0 Å². The van der Waals surface area contributed by atoms with Crippen LogP contribution in [0.4, 0.5) is 4.79 Å². The number of carbonyl (C=O) groups excluding carboxylic acids is 1. The molecule has 0 aromatic heterocycles. The Balaban J connectivity index is 2.11. The van der Waals surface area contributed by atoms with Crippen LogP contribution in [0.2, 0.25) is 25.7 Å². The lowest BCUT2D eigenvalue weighted by Gasteiger charge is -2.35. The van der Waals surface area contributed by atoms with E-state index in [9.17, 15) is 4.79 Å². The highest BCUT2D eigenvalue weighted by Crippen LogP contribution is 2.39. The van der Waals surface area contributed by atoms with Crippen LogP contribution in [-0.4, -0.2) is 33.5 Å². The summed E-state index contributed by atoms with van der Waals surface area (Å²) >= 11 is 0. The fraction of sp³-hybridized carbons (Fsp3) is 0.941. The van der Waals surface area contributed by atoms with Crippen LogP contribution in [0.15, 0.2) is 0 Å². The summed E-state index contributed by atoms with van der Waals surface area (Å²) in [6, 6.07) is 1.08. The van der Waals surface area contributed by atoms with E-state index in [0.717, 1.165) is 18.9 Å². The molecule has 0 heterocycles. The SMILES string of the molecule is CC1(CC(N)CCOC(=O)OCC[Si](C)(C)C)CCCCC1. The maximum Gasteiger partial charge on any atom is 0.508 e. The van der Waals surface area contributed by atoms with E-state index in [0.29, 0.717) is 18.6 Å². The van der Waals surface area contributed by atoms with Gasteiger partial charge >= 0.3 is 6.16 Å². The molecule has 0 saturated heterocycles. The summed E-state index contributed by atoms with van der Waals surface area (Å²) in [6.45, 7) is 9.95. The van der Waals surface area contributed by atoms with Gasteiger partial charge in [0.25, 0.3) is 0 Å². The molecule has 0 aliphatic heterocycles. The summed E-state index contributed by atoms with van der Waals surface area (Å²) in [7, 11) is -1.16. The van der Waals surface area contributed by atoms with Gasteiger partial charge in [-0.15, -0.1) is 0 Å². The molecule has 1 rings (SSSR count). The molecule has 1 aliphatic rings. The van der Waals surface area contributed by atoms with Crippen LogP contribution in [0.25, 0.3) is 0 Å². The van der Waals surface area contributed by atoms with Crippen LogP contribution in [0.1, 0.15) is 51.9 Å². The van der Waals surface area contributed by atoms with Crippen LogP contribution in [0.3, 0.4) is 0 Å². The van der Waals surface area contributed by atoms with E-state index < -0.39 is 14.2 Å². The monoisotopic (exact) mass is 329 g/mol. The van der Waals surface area contributed by atoms with Gasteiger partial charge in [-0.1, -0.05) is 45.8 Å². The third kappa shape index (κ3) is 8.78. The molecule has 1 unspecified atom stereocenters. The molecule has 1 aliphatic carbocycles. The summed E-state index contributed by atoms with van der Waals surface area (Å²) < 4.78 is 10.2. The van der Waals surface area contributed by atoms with Crippen molar-refractivity contribution >= 4 is 14.2 Å². The topological polar surface area (TPSA) is 61.5 Å². The normalized spacial score (nSPS) is 19.5. The lowest BCUT2D eigenvalue weighted by atomic mass is 9.71. The van der Waals surface area contributed by atoms with Gasteiger partial charge in [-0.2, -0.15) is 0 Å². The minimum Gasteiger partial charge on any atom is -0.435 e. The summed E-state index contributed by atoms with van der Waals surface area (Å²) in [6.07, 6.45) is 7.76. The summed E-state index contributed by atoms with van der Waals surface area (Å²) in [5.41, 5.74) is 6.59. The maximum atomic E-state index is 11.5.